The second-order valence-electron chi connectivity index (χ2n) is 10.9. The zero-order chi connectivity index (χ0) is 25.2. The molecule has 2 aliphatic carbocycles. The Morgan fingerprint density at radius 3 is 2.29 bits per heavy atom. The summed E-state index contributed by atoms with van der Waals surface area (Å²) in [6.45, 7) is 6.03. The summed E-state index contributed by atoms with van der Waals surface area (Å²) < 4.78 is 1.70. The van der Waals surface area contributed by atoms with E-state index < -0.39 is 5.54 Å². The Balaban J connectivity index is 1.23. The number of aromatic nitrogens is 2. The molecule has 0 unspecified atom stereocenters. The lowest BCUT2D eigenvalue weighted by Crippen LogP contribution is -2.58. The molecule has 3 aliphatic rings. The van der Waals surface area contributed by atoms with E-state index in [0.717, 1.165) is 45.1 Å². The Hall–Kier alpha value is -2.50. The third kappa shape index (κ3) is 6.39. The van der Waals surface area contributed by atoms with Crippen molar-refractivity contribution in [2.45, 2.75) is 76.0 Å². The van der Waals surface area contributed by atoms with Crippen LogP contribution in [0.5, 0.6) is 0 Å². The van der Waals surface area contributed by atoms with Crippen molar-refractivity contribution >= 4 is 17.8 Å². The molecule has 0 radical (unpaired) electrons. The average Bonchev–Trinajstić information content (AvgIpc) is 2.81. The zero-order valence-corrected chi connectivity index (χ0v) is 20.9. The SMILES string of the molecule is CC(C)(N)C(=O)N1CCN(C(=O)Nc2ccn(C3CCC(CNC4CC(N)C4)CC3)c(=O)n2)CC1. The summed E-state index contributed by atoms with van der Waals surface area (Å²) in [5.41, 5.74) is 10.5. The largest absolute Gasteiger partial charge is 0.349 e. The van der Waals surface area contributed by atoms with Gasteiger partial charge in [0.25, 0.3) is 0 Å². The van der Waals surface area contributed by atoms with Crippen LogP contribution in [-0.2, 0) is 4.79 Å². The molecule has 2 heterocycles. The summed E-state index contributed by atoms with van der Waals surface area (Å²) in [7, 11) is 0. The smallest absolute Gasteiger partial charge is 0.338 e. The van der Waals surface area contributed by atoms with Crippen molar-refractivity contribution in [3.05, 3.63) is 22.7 Å². The van der Waals surface area contributed by atoms with E-state index >= 15 is 0 Å². The van der Waals surface area contributed by atoms with E-state index in [4.69, 9.17) is 11.5 Å². The monoisotopic (exact) mass is 488 g/mol. The average molecular weight is 489 g/mol. The first-order chi connectivity index (χ1) is 16.6. The van der Waals surface area contributed by atoms with Crippen LogP contribution >= 0.6 is 0 Å². The first-order valence-electron chi connectivity index (χ1n) is 12.8. The van der Waals surface area contributed by atoms with Gasteiger partial charge in [0.05, 0.1) is 5.54 Å². The van der Waals surface area contributed by atoms with Gasteiger partial charge in [-0.15, -0.1) is 0 Å². The highest BCUT2D eigenvalue weighted by Crippen LogP contribution is 2.31. The number of piperazine rings is 1. The number of amides is 3. The lowest BCUT2D eigenvalue weighted by Gasteiger charge is -2.37. The number of urea groups is 1. The molecule has 1 aliphatic heterocycles. The van der Waals surface area contributed by atoms with Gasteiger partial charge in [-0.25, -0.2) is 9.59 Å². The Bertz CT molecular complexity index is 952. The van der Waals surface area contributed by atoms with Gasteiger partial charge < -0.3 is 26.6 Å². The summed E-state index contributed by atoms with van der Waals surface area (Å²) in [5, 5.41) is 6.34. The number of carbonyl (C=O) groups is 2. The van der Waals surface area contributed by atoms with Gasteiger partial charge in [-0.3, -0.25) is 14.7 Å². The Morgan fingerprint density at radius 1 is 1.09 bits per heavy atom. The van der Waals surface area contributed by atoms with Gasteiger partial charge in [-0.05, 0) is 70.9 Å². The predicted molar refractivity (Wildman–Crippen MR) is 134 cm³/mol. The van der Waals surface area contributed by atoms with Crippen LogP contribution in [0.4, 0.5) is 10.6 Å². The lowest BCUT2D eigenvalue weighted by atomic mass is 9.84. The number of nitrogens with two attached hydrogens (primary N) is 2. The number of hydrogen-bond acceptors (Lipinski definition) is 7. The van der Waals surface area contributed by atoms with Crippen molar-refractivity contribution in [3.8, 4) is 0 Å². The van der Waals surface area contributed by atoms with Gasteiger partial charge >= 0.3 is 11.7 Å². The quantitative estimate of drug-likeness (QED) is 0.454. The third-order valence-corrected chi connectivity index (χ3v) is 7.55. The molecule has 0 aromatic carbocycles. The molecule has 11 nitrogen and oxygen atoms in total. The molecule has 4 rings (SSSR count). The minimum atomic E-state index is -0.931. The van der Waals surface area contributed by atoms with E-state index in [1.165, 1.54) is 0 Å². The molecule has 35 heavy (non-hydrogen) atoms. The molecule has 1 saturated heterocycles. The lowest BCUT2D eigenvalue weighted by molar-refractivity contribution is -0.137. The fraction of sp³-hybridized carbons (Fsp3) is 0.750. The van der Waals surface area contributed by atoms with Crippen LogP contribution in [0.15, 0.2) is 17.1 Å². The van der Waals surface area contributed by atoms with E-state index in [2.05, 4.69) is 15.6 Å². The first kappa shape index (κ1) is 25.6. The number of nitrogens with one attached hydrogen (secondary N) is 2. The maximum Gasteiger partial charge on any atom is 0.349 e. The molecule has 0 atom stereocenters. The number of carbonyl (C=O) groups excluding carboxylic acids is 2. The van der Waals surface area contributed by atoms with Gasteiger partial charge in [-0.2, -0.15) is 4.98 Å². The van der Waals surface area contributed by atoms with Gasteiger partial charge in [-0.1, -0.05) is 0 Å². The highest BCUT2D eigenvalue weighted by Gasteiger charge is 2.32. The standard InChI is InChI=1S/C24H40N8O3/c1-24(2,26)21(33)30-9-11-31(12-10-30)22(34)28-20-7-8-32(23(35)29-20)19-5-3-16(4-6-19)15-27-18-13-17(25)14-18/h7-8,16-19,27H,3-6,9-15,25-26H2,1-2H3,(H,28,29,34,35). The number of nitrogens with zero attached hydrogens (tertiary/aromatic N) is 4. The predicted octanol–water partition coefficient (Wildman–Crippen LogP) is 0.467. The van der Waals surface area contributed by atoms with E-state index in [1.807, 2.05) is 0 Å². The second kappa shape index (κ2) is 10.6. The fourth-order valence-electron chi connectivity index (χ4n) is 5.26. The minimum Gasteiger partial charge on any atom is -0.338 e. The van der Waals surface area contributed by atoms with Crippen molar-refractivity contribution in [2.75, 3.05) is 38.0 Å². The molecule has 0 bridgehead atoms. The van der Waals surface area contributed by atoms with E-state index in [1.54, 1.807) is 40.5 Å². The topological polar surface area (TPSA) is 152 Å². The molecular weight excluding hydrogens is 448 g/mol. The van der Waals surface area contributed by atoms with Crippen LogP contribution in [0.25, 0.3) is 0 Å². The maximum atomic E-state index is 12.7. The highest BCUT2D eigenvalue weighted by atomic mass is 16.2. The van der Waals surface area contributed by atoms with E-state index in [-0.39, 0.29) is 29.5 Å². The van der Waals surface area contributed by atoms with Crippen molar-refractivity contribution < 1.29 is 9.59 Å². The molecular formula is C24H40N8O3. The van der Waals surface area contributed by atoms with Crippen LogP contribution in [0.2, 0.25) is 0 Å². The molecule has 3 fully saturated rings. The molecule has 11 heteroatoms. The first-order valence-corrected chi connectivity index (χ1v) is 12.8. The van der Waals surface area contributed by atoms with Gasteiger partial charge in [0, 0.05) is 50.5 Å². The van der Waals surface area contributed by atoms with E-state index in [0.29, 0.717) is 44.2 Å². The Morgan fingerprint density at radius 2 is 1.71 bits per heavy atom. The minimum absolute atomic E-state index is 0.128. The molecule has 6 N–H and O–H groups in total. The van der Waals surface area contributed by atoms with Crippen LogP contribution in [-0.4, -0.2) is 81.6 Å². The van der Waals surface area contributed by atoms with Gasteiger partial charge in [0.2, 0.25) is 5.91 Å². The number of hydrogen-bond donors (Lipinski definition) is 4. The fourth-order valence-corrected chi connectivity index (χ4v) is 5.26. The number of rotatable bonds is 6. The second-order valence-corrected chi connectivity index (χ2v) is 10.9. The number of anilines is 1. The third-order valence-electron chi connectivity index (χ3n) is 7.55. The normalized spacial score (nSPS) is 27.3. The zero-order valence-electron chi connectivity index (χ0n) is 20.9. The summed E-state index contributed by atoms with van der Waals surface area (Å²) in [6.07, 6.45) is 7.95. The molecule has 194 valence electrons. The van der Waals surface area contributed by atoms with Crippen molar-refractivity contribution in [3.63, 3.8) is 0 Å². The van der Waals surface area contributed by atoms with Crippen LogP contribution < -0.4 is 27.8 Å². The summed E-state index contributed by atoms with van der Waals surface area (Å²) in [4.78, 5) is 45.1. The molecule has 0 spiro atoms. The van der Waals surface area contributed by atoms with Gasteiger partial charge in [0.15, 0.2) is 0 Å². The molecule has 3 amide bonds. The van der Waals surface area contributed by atoms with E-state index in [9.17, 15) is 14.4 Å². The summed E-state index contributed by atoms with van der Waals surface area (Å²) in [6, 6.07) is 2.44. The highest BCUT2D eigenvalue weighted by molar-refractivity contribution is 5.89. The molecule has 1 aromatic heterocycles. The van der Waals surface area contributed by atoms with Gasteiger partial charge in [0.1, 0.15) is 5.82 Å². The Labute approximate surface area is 206 Å². The van der Waals surface area contributed by atoms with Crippen LogP contribution in [0.3, 0.4) is 0 Å². The molecule has 2 saturated carbocycles. The van der Waals surface area contributed by atoms with Crippen molar-refractivity contribution in [1.29, 1.82) is 0 Å². The van der Waals surface area contributed by atoms with Crippen LogP contribution in [0, 0.1) is 5.92 Å². The van der Waals surface area contributed by atoms with Crippen molar-refractivity contribution in [1.82, 2.24) is 24.7 Å². The van der Waals surface area contributed by atoms with Crippen molar-refractivity contribution in [2.24, 2.45) is 17.4 Å². The maximum absolute atomic E-state index is 12.7. The summed E-state index contributed by atoms with van der Waals surface area (Å²) in [5.74, 6) is 0.752. The summed E-state index contributed by atoms with van der Waals surface area (Å²) >= 11 is 0. The Kier molecular flexibility index (Phi) is 7.77. The molecule has 1 aromatic rings. The van der Waals surface area contributed by atoms with Crippen LogP contribution in [0.1, 0.15) is 58.4 Å².